The van der Waals surface area contributed by atoms with E-state index in [4.69, 9.17) is 0 Å². The van der Waals surface area contributed by atoms with Gasteiger partial charge in [0.25, 0.3) is 0 Å². The fourth-order valence-electron chi connectivity index (χ4n) is 5.29. The summed E-state index contributed by atoms with van der Waals surface area (Å²) < 4.78 is 0. The van der Waals surface area contributed by atoms with Gasteiger partial charge in [0, 0.05) is 0 Å². The van der Waals surface area contributed by atoms with Gasteiger partial charge in [-0.3, -0.25) is 0 Å². The predicted molar refractivity (Wildman–Crippen MR) is 164 cm³/mol. The van der Waals surface area contributed by atoms with E-state index in [0.717, 1.165) is 0 Å². The lowest BCUT2D eigenvalue weighted by Gasteiger charge is -2.26. The molecule has 0 aromatic carbocycles. The van der Waals surface area contributed by atoms with Crippen LogP contribution in [-0.2, 0) is 0 Å². The molecule has 1 N–H and O–H groups in total. The molecule has 0 unspecified atom stereocenters. The quantitative estimate of drug-likeness (QED) is 0.120. The van der Waals surface area contributed by atoms with Gasteiger partial charge in [0.15, 0.2) is 8.32 Å². The van der Waals surface area contributed by atoms with Crippen LogP contribution in [0.4, 0.5) is 0 Å². The van der Waals surface area contributed by atoms with Gasteiger partial charge in [-0.25, -0.2) is 0 Å². The Hall–Kier alpha value is 0.177. The van der Waals surface area contributed by atoms with E-state index in [-0.39, 0.29) is 0 Å². The normalized spacial score (nSPS) is 13.5. The molecule has 0 spiro atoms. The summed E-state index contributed by atoms with van der Waals surface area (Å²) in [5.41, 5.74) is 1.44. The second kappa shape index (κ2) is 18.4. The van der Waals surface area contributed by atoms with Crippen molar-refractivity contribution in [2.45, 2.75) is 196 Å². The van der Waals surface area contributed by atoms with Crippen molar-refractivity contribution in [3.05, 3.63) is 0 Å². The standard InChI is InChI=1S/C33H70OSi/c1-31(2,3)25-19-13-10-16-22-28-35(34,29-23-17-11-14-20-26-32(4,5)6)30-24-18-12-15-21-27-33(7,8)9/h34H,10-30H2,1-9H3. The zero-order chi connectivity index (χ0) is 26.8. The first-order valence-corrected chi connectivity index (χ1v) is 18.4. The Kier molecular flexibility index (Phi) is 18.5. The first-order chi connectivity index (χ1) is 16.1. The molecule has 0 amide bonds. The number of hydrogen-bond donors (Lipinski definition) is 1. The summed E-state index contributed by atoms with van der Waals surface area (Å²) in [5.74, 6) is 0. The smallest absolute Gasteiger partial charge is 0.188 e. The number of unbranched alkanes of at least 4 members (excludes halogenated alkanes) is 12. The molecule has 0 saturated heterocycles. The van der Waals surface area contributed by atoms with E-state index >= 15 is 0 Å². The zero-order valence-corrected chi connectivity index (χ0v) is 27.3. The molecular weight excluding hydrogens is 440 g/mol. The van der Waals surface area contributed by atoms with Crippen LogP contribution < -0.4 is 0 Å². The van der Waals surface area contributed by atoms with Gasteiger partial charge in [0.2, 0.25) is 0 Å². The first-order valence-electron chi connectivity index (χ1n) is 15.8. The summed E-state index contributed by atoms with van der Waals surface area (Å²) in [6, 6.07) is 3.50. The van der Waals surface area contributed by atoms with E-state index in [1.54, 1.807) is 0 Å². The van der Waals surface area contributed by atoms with Crippen LogP contribution in [0.25, 0.3) is 0 Å². The van der Waals surface area contributed by atoms with Crippen molar-refractivity contribution < 1.29 is 4.80 Å². The second-order valence-electron chi connectivity index (χ2n) is 15.7. The summed E-state index contributed by atoms with van der Waals surface area (Å²) in [5, 5.41) is 0. The van der Waals surface area contributed by atoms with Gasteiger partial charge in [0.1, 0.15) is 0 Å². The molecule has 0 atom stereocenters. The van der Waals surface area contributed by atoms with Crippen molar-refractivity contribution in [2.24, 2.45) is 16.2 Å². The van der Waals surface area contributed by atoms with Gasteiger partial charge in [-0.05, 0) is 53.6 Å². The summed E-state index contributed by atoms with van der Waals surface area (Å²) in [4.78, 5) is 11.7. The van der Waals surface area contributed by atoms with E-state index in [2.05, 4.69) is 62.3 Å². The van der Waals surface area contributed by atoms with Crippen molar-refractivity contribution >= 4 is 8.32 Å². The van der Waals surface area contributed by atoms with E-state index in [1.807, 2.05) is 0 Å². The lowest BCUT2D eigenvalue weighted by molar-refractivity contribution is 0.357. The molecule has 0 saturated carbocycles. The highest BCUT2D eigenvalue weighted by Gasteiger charge is 2.29. The van der Waals surface area contributed by atoms with E-state index in [9.17, 15) is 4.80 Å². The largest absolute Gasteiger partial charge is 0.432 e. The fraction of sp³-hybridized carbons (Fsp3) is 1.00. The van der Waals surface area contributed by atoms with Gasteiger partial charge in [-0.2, -0.15) is 0 Å². The van der Waals surface area contributed by atoms with Gasteiger partial charge in [-0.15, -0.1) is 0 Å². The minimum Gasteiger partial charge on any atom is -0.432 e. The minimum atomic E-state index is -2.04. The highest BCUT2D eigenvalue weighted by molar-refractivity contribution is 6.72. The van der Waals surface area contributed by atoms with Gasteiger partial charge in [-0.1, -0.05) is 159 Å². The maximum Gasteiger partial charge on any atom is 0.188 e. The third-order valence-corrected chi connectivity index (χ3v) is 11.6. The molecular formula is C33H70OSi. The number of hydrogen-bond acceptors (Lipinski definition) is 1. The average Bonchev–Trinajstić information content (AvgIpc) is 2.69. The van der Waals surface area contributed by atoms with Gasteiger partial charge >= 0.3 is 0 Å². The molecule has 0 heterocycles. The van der Waals surface area contributed by atoms with Crippen LogP contribution in [0.3, 0.4) is 0 Å². The van der Waals surface area contributed by atoms with Crippen LogP contribution in [0.5, 0.6) is 0 Å². The Labute approximate surface area is 225 Å². The van der Waals surface area contributed by atoms with Crippen LogP contribution in [0.1, 0.15) is 178 Å². The van der Waals surface area contributed by atoms with Crippen molar-refractivity contribution in [3.63, 3.8) is 0 Å². The maximum absolute atomic E-state index is 11.7. The zero-order valence-electron chi connectivity index (χ0n) is 26.3. The Bertz CT molecular complexity index is 407. The van der Waals surface area contributed by atoms with Crippen LogP contribution in [0.2, 0.25) is 18.1 Å². The Morgan fingerprint density at radius 3 is 0.771 bits per heavy atom. The van der Waals surface area contributed by atoms with E-state index < -0.39 is 8.32 Å². The summed E-state index contributed by atoms with van der Waals surface area (Å²) >= 11 is 0. The third kappa shape index (κ3) is 27.0. The molecule has 0 aromatic rings. The molecule has 0 fully saturated rings. The van der Waals surface area contributed by atoms with Crippen LogP contribution >= 0.6 is 0 Å². The monoisotopic (exact) mass is 511 g/mol. The molecule has 2 heteroatoms. The van der Waals surface area contributed by atoms with Gasteiger partial charge in [0.05, 0.1) is 0 Å². The first kappa shape index (κ1) is 35.2. The molecule has 0 rings (SSSR count). The molecule has 0 aliphatic heterocycles. The highest BCUT2D eigenvalue weighted by Crippen LogP contribution is 2.29. The molecule has 35 heavy (non-hydrogen) atoms. The molecule has 0 radical (unpaired) electrons. The third-order valence-electron chi connectivity index (χ3n) is 7.71. The lowest BCUT2D eigenvalue weighted by atomic mass is 9.89. The fourth-order valence-corrected chi connectivity index (χ4v) is 8.77. The van der Waals surface area contributed by atoms with E-state index in [1.165, 1.54) is 134 Å². The molecule has 1 nitrogen and oxygen atoms in total. The Morgan fingerprint density at radius 1 is 0.343 bits per heavy atom. The Morgan fingerprint density at radius 2 is 0.543 bits per heavy atom. The summed E-state index contributed by atoms with van der Waals surface area (Å²) in [7, 11) is -2.04. The predicted octanol–water partition coefficient (Wildman–Crippen LogP) is 12.1. The van der Waals surface area contributed by atoms with Gasteiger partial charge < -0.3 is 4.80 Å². The van der Waals surface area contributed by atoms with Crippen molar-refractivity contribution in [2.75, 3.05) is 0 Å². The SMILES string of the molecule is CC(C)(C)CCCCCCC[Si](O)(CCCCCCCC(C)(C)C)CCCCCCCC(C)(C)C. The van der Waals surface area contributed by atoms with Crippen LogP contribution in [-0.4, -0.2) is 13.1 Å². The maximum atomic E-state index is 11.7. The van der Waals surface area contributed by atoms with Crippen LogP contribution in [0.15, 0.2) is 0 Å². The summed E-state index contributed by atoms with van der Waals surface area (Å²) in [6.45, 7) is 21.2. The average molecular weight is 511 g/mol. The summed E-state index contributed by atoms with van der Waals surface area (Å²) in [6.07, 6.45) is 24.2. The topological polar surface area (TPSA) is 20.2 Å². The minimum absolute atomic E-state index is 0.479. The molecule has 0 aliphatic rings. The van der Waals surface area contributed by atoms with Crippen LogP contribution in [0, 0.1) is 16.2 Å². The highest BCUT2D eigenvalue weighted by atomic mass is 28.4. The second-order valence-corrected chi connectivity index (χ2v) is 19.7. The van der Waals surface area contributed by atoms with Crippen molar-refractivity contribution in [1.82, 2.24) is 0 Å². The molecule has 212 valence electrons. The van der Waals surface area contributed by atoms with E-state index in [0.29, 0.717) is 16.2 Å². The molecule has 0 aliphatic carbocycles. The molecule has 0 bridgehead atoms. The lowest BCUT2D eigenvalue weighted by Crippen LogP contribution is -2.34. The number of rotatable bonds is 21. The molecule has 0 aromatic heterocycles. The van der Waals surface area contributed by atoms with Crippen molar-refractivity contribution in [3.8, 4) is 0 Å². The Balaban J connectivity index is 4.25. The van der Waals surface area contributed by atoms with Crippen molar-refractivity contribution in [1.29, 1.82) is 0 Å².